The molecule has 0 fully saturated rings. The maximum Gasteiger partial charge on any atom is 0.0450 e. The molecule has 0 aliphatic heterocycles. The van der Waals surface area contributed by atoms with Crippen molar-refractivity contribution in [1.82, 2.24) is 0 Å². The maximum atomic E-state index is 6.67. The molecular weight excluding hydrogens is 485 g/mol. The zero-order valence-corrected chi connectivity index (χ0v) is 20.2. The minimum absolute atomic E-state index is 0. The smallest absolute Gasteiger partial charge is 0.0450 e. The summed E-state index contributed by atoms with van der Waals surface area (Å²) in [5, 5.41) is 1.66. The molecule has 0 unspecified atom stereocenters. The number of fused-ring (bicyclic) bond motifs is 3. The fourth-order valence-corrected chi connectivity index (χ4v) is 4.57. The standard InChI is InChI=1S/C21H18Cl2.2ClH.Zr/c1-21(2,14-5-3-4-6-14)20-18-12-13-11-15(22)7-8-16(13)17(18)9-10-19(20)23;;;/h3-5,7-11H,6,12H2,1-2H3;2*1H;. The molecule has 0 spiro atoms. The average molecular weight is 505 g/mol. The van der Waals surface area contributed by atoms with Crippen molar-refractivity contribution in [2.24, 2.45) is 0 Å². The normalized spacial score (nSPS) is 13.8. The maximum absolute atomic E-state index is 6.67. The third-order valence-corrected chi connectivity index (χ3v) is 5.74. The average Bonchev–Trinajstić information content (AvgIpc) is 3.13. The third kappa shape index (κ3) is 3.89. The number of halogens is 4. The monoisotopic (exact) mass is 502 g/mol. The first-order valence-corrected chi connectivity index (χ1v) is 8.71. The molecule has 0 heterocycles. The molecule has 0 aromatic heterocycles. The van der Waals surface area contributed by atoms with Crippen molar-refractivity contribution in [3.8, 4) is 11.1 Å². The van der Waals surface area contributed by atoms with Crippen LogP contribution in [-0.4, -0.2) is 0 Å². The van der Waals surface area contributed by atoms with Crippen LogP contribution in [0.2, 0.25) is 10.0 Å². The van der Waals surface area contributed by atoms with E-state index in [0.717, 1.165) is 22.9 Å². The summed E-state index contributed by atoms with van der Waals surface area (Å²) in [4.78, 5) is 0. The Kier molecular flexibility index (Phi) is 8.29. The summed E-state index contributed by atoms with van der Waals surface area (Å²) in [7, 11) is 0. The molecule has 4 rings (SSSR count). The van der Waals surface area contributed by atoms with Crippen LogP contribution in [0.4, 0.5) is 0 Å². The summed E-state index contributed by atoms with van der Waals surface area (Å²) in [6.45, 7) is 4.56. The van der Waals surface area contributed by atoms with Gasteiger partial charge in [0.15, 0.2) is 0 Å². The molecule has 136 valence electrons. The summed E-state index contributed by atoms with van der Waals surface area (Å²) in [5.41, 5.74) is 7.85. The van der Waals surface area contributed by atoms with E-state index in [2.05, 4.69) is 50.3 Å². The third-order valence-electron chi connectivity index (χ3n) is 5.19. The molecule has 0 nitrogen and oxygen atoms in total. The van der Waals surface area contributed by atoms with Gasteiger partial charge in [0.05, 0.1) is 0 Å². The van der Waals surface area contributed by atoms with Crippen LogP contribution in [0.3, 0.4) is 0 Å². The van der Waals surface area contributed by atoms with Crippen LogP contribution in [0.25, 0.3) is 11.1 Å². The molecule has 26 heavy (non-hydrogen) atoms. The first-order valence-electron chi connectivity index (χ1n) is 7.95. The molecule has 0 atom stereocenters. The fourth-order valence-electron chi connectivity index (χ4n) is 3.96. The number of rotatable bonds is 2. The van der Waals surface area contributed by atoms with Gasteiger partial charge >= 0.3 is 0 Å². The van der Waals surface area contributed by atoms with E-state index < -0.39 is 0 Å². The zero-order chi connectivity index (χ0) is 16.2. The molecule has 5 heteroatoms. The van der Waals surface area contributed by atoms with E-state index in [9.17, 15) is 0 Å². The van der Waals surface area contributed by atoms with Gasteiger partial charge in [-0.2, -0.15) is 0 Å². The van der Waals surface area contributed by atoms with Crippen molar-refractivity contribution in [3.63, 3.8) is 0 Å². The van der Waals surface area contributed by atoms with E-state index in [1.165, 1.54) is 33.4 Å². The molecule has 0 radical (unpaired) electrons. The van der Waals surface area contributed by atoms with Crippen molar-refractivity contribution >= 4 is 48.0 Å². The molecule has 0 bridgehead atoms. The van der Waals surface area contributed by atoms with Crippen LogP contribution in [0, 0.1) is 0 Å². The Morgan fingerprint density at radius 2 is 1.65 bits per heavy atom. The van der Waals surface area contributed by atoms with Crippen molar-refractivity contribution in [2.45, 2.75) is 32.1 Å². The van der Waals surface area contributed by atoms with Crippen LogP contribution in [-0.2, 0) is 38.0 Å². The van der Waals surface area contributed by atoms with Gasteiger partial charge in [0.2, 0.25) is 0 Å². The second-order valence-electron chi connectivity index (χ2n) is 6.88. The van der Waals surface area contributed by atoms with Gasteiger partial charge in [-0.15, -0.1) is 24.8 Å². The Morgan fingerprint density at radius 1 is 0.962 bits per heavy atom. The van der Waals surface area contributed by atoms with Gasteiger partial charge < -0.3 is 0 Å². The SMILES string of the molecule is CC(C)(C1=CC=CC1)c1c(Cl)ccc2c1Cc1cc(Cl)ccc1-2.Cl.Cl.[Zr]. The second kappa shape index (κ2) is 8.98. The molecule has 0 N–H and O–H groups in total. The van der Waals surface area contributed by atoms with Crippen LogP contribution in [0.15, 0.2) is 54.1 Å². The predicted octanol–water partition coefficient (Wildman–Crippen LogP) is 7.57. The molecule has 2 aromatic carbocycles. The second-order valence-corrected chi connectivity index (χ2v) is 7.72. The van der Waals surface area contributed by atoms with Crippen molar-refractivity contribution in [2.75, 3.05) is 0 Å². The Morgan fingerprint density at radius 3 is 2.31 bits per heavy atom. The summed E-state index contributed by atoms with van der Waals surface area (Å²) in [6.07, 6.45) is 8.50. The Labute approximate surface area is 197 Å². The molecule has 0 saturated heterocycles. The zero-order valence-electron chi connectivity index (χ0n) is 14.6. The van der Waals surface area contributed by atoms with Gasteiger partial charge in [0.25, 0.3) is 0 Å². The van der Waals surface area contributed by atoms with Crippen LogP contribution < -0.4 is 0 Å². The van der Waals surface area contributed by atoms with Gasteiger partial charge in [0.1, 0.15) is 0 Å². The Bertz CT molecular complexity index is 882. The molecule has 2 aromatic rings. The van der Waals surface area contributed by atoms with Gasteiger partial charge in [-0.25, -0.2) is 0 Å². The number of allylic oxidation sites excluding steroid dienone is 4. The largest absolute Gasteiger partial charge is 0.147 e. The van der Waals surface area contributed by atoms with Crippen LogP contribution in [0.5, 0.6) is 0 Å². The molecular formula is C21H20Cl4Zr. The Balaban J connectivity index is 0.00000113. The topological polar surface area (TPSA) is 0 Å². The van der Waals surface area contributed by atoms with E-state index in [1.807, 2.05) is 12.1 Å². The van der Waals surface area contributed by atoms with Crippen LogP contribution in [0.1, 0.15) is 37.0 Å². The Hall–Kier alpha value is -0.0369. The first kappa shape index (κ1) is 24.0. The molecule has 2 aliphatic carbocycles. The quantitative estimate of drug-likeness (QED) is 0.337. The number of benzene rings is 2. The van der Waals surface area contributed by atoms with E-state index in [0.29, 0.717) is 0 Å². The summed E-state index contributed by atoms with van der Waals surface area (Å²) in [5.74, 6) is 0. The van der Waals surface area contributed by atoms with Gasteiger partial charge in [-0.3, -0.25) is 0 Å². The van der Waals surface area contributed by atoms with Crippen LogP contribution >= 0.6 is 48.0 Å². The van der Waals surface area contributed by atoms with Gasteiger partial charge in [-0.05, 0) is 58.9 Å². The van der Waals surface area contributed by atoms with E-state index in [4.69, 9.17) is 23.2 Å². The van der Waals surface area contributed by atoms with Crippen molar-refractivity contribution in [3.05, 3.63) is 80.9 Å². The van der Waals surface area contributed by atoms with Gasteiger partial charge in [0, 0.05) is 41.7 Å². The van der Waals surface area contributed by atoms with Crippen molar-refractivity contribution in [1.29, 1.82) is 0 Å². The minimum Gasteiger partial charge on any atom is -0.147 e. The molecule has 0 saturated carbocycles. The first-order chi connectivity index (χ1) is 11.0. The van der Waals surface area contributed by atoms with E-state index in [-0.39, 0.29) is 56.4 Å². The van der Waals surface area contributed by atoms with Gasteiger partial charge in [-0.1, -0.05) is 73.0 Å². The summed E-state index contributed by atoms with van der Waals surface area (Å²) >= 11 is 12.9. The van der Waals surface area contributed by atoms with E-state index in [1.54, 1.807) is 0 Å². The summed E-state index contributed by atoms with van der Waals surface area (Å²) in [6, 6.07) is 10.4. The summed E-state index contributed by atoms with van der Waals surface area (Å²) < 4.78 is 0. The fraction of sp³-hybridized carbons (Fsp3) is 0.238. The number of hydrogen-bond acceptors (Lipinski definition) is 0. The minimum atomic E-state index is -0.0717. The van der Waals surface area contributed by atoms with Crippen molar-refractivity contribution < 1.29 is 26.2 Å². The van der Waals surface area contributed by atoms with E-state index >= 15 is 0 Å². The number of hydrogen-bond donors (Lipinski definition) is 0. The predicted molar refractivity (Wildman–Crippen MR) is 114 cm³/mol. The molecule has 2 aliphatic rings. The molecule has 0 amide bonds.